The third kappa shape index (κ3) is 3.05. The number of nitrogens with zero attached hydrogens (tertiary/aromatic N) is 1. The van der Waals surface area contributed by atoms with E-state index in [1.165, 1.54) is 0 Å². The lowest BCUT2D eigenvalue weighted by atomic mass is 9.97. The maximum absolute atomic E-state index is 12.5. The molecule has 0 spiro atoms. The molecule has 0 saturated carbocycles. The summed E-state index contributed by atoms with van der Waals surface area (Å²) in [5.41, 5.74) is 3.92. The highest BCUT2D eigenvalue weighted by molar-refractivity contribution is 6.42. The lowest BCUT2D eigenvalue weighted by molar-refractivity contribution is 0.0954. The van der Waals surface area contributed by atoms with Crippen molar-refractivity contribution in [2.24, 2.45) is 5.10 Å². The molecule has 142 valence electrons. The zero-order valence-corrected chi connectivity index (χ0v) is 15.9. The average molecular weight is 403 g/mol. The van der Waals surface area contributed by atoms with Crippen molar-refractivity contribution in [1.29, 1.82) is 0 Å². The Morgan fingerprint density at radius 2 is 1.52 bits per heavy atom. The molecule has 1 N–H and O–H groups in total. The summed E-state index contributed by atoms with van der Waals surface area (Å²) in [7, 11) is 0. The molecule has 1 aliphatic heterocycles. The third-order valence-corrected chi connectivity index (χ3v) is 5.31. The van der Waals surface area contributed by atoms with Crippen LogP contribution in [-0.2, 0) is 0 Å². The minimum atomic E-state index is -0.331. The van der Waals surface area contributed by atoms with E-state index in [9.17, 15) is 4.79 Å². The van der Waals surface area contributed by atoms with Gasteiger partial charge in [-0.1, -0.05) is 60.1 Å². The van der Waals surface area contributed by atoms with Gasteiger partial charge in [0.25, 0.3) is 5.91 Å². The van der Waals surface area contributed by atoms with Crippen molar-refractivity contribution in [3.63, 3.8) is 0 Å². The van der Waals surface area contributed by atoms with Gasteiger partial charge in [0, 0.05) is 21.9 Å². The summed E-state index contributed by atoms with van der Waals surface area (Å²) < 4.78 is 10.6. The first-order valence-corrected chi connectivity index (χ1v) is 9.42. The van der Waals surface area contributed by atoms with Crippen molar-refractivity contribution in [3.8, 4) is 11.5 Å². The van der Waals surface area contributed by atoms with Gasteiger partial charge in [-0.25, -0.2) is 5.43 Å². The highest BCUT2D eigenvalue weighted by atomic mass is 35.5. The van der Waals surface area contributed by atoms with Gasteiger partial charge in [0.2, 0.25) is 6.79 Å². The number of fused-ring (bicyclic) bond motifs is 3. The lowest BCUT2D eigenvalue weighted by Crippen LogP contribution is -2.17. The molecule has 0 saturated heterocycles. The predicted molar refractivity (Wildman–Crippen MR) is 114 cm³/mol. The molecule has 5 nitrogen and oxygen atoms in total. The van der Waals surface area contributed by atoms with E-state index in [0.717, 1.165) is 27.1 Å². The molecule has 0 bridgehead atoms. The van der Waals surface area contributed by atoms with Crippen LogP contribution in [0.5, 0.6) is 11.5 Å². The maximum atomic E-state index is 12.5. The van der Waals surface area contributed by atoms with Crippen molar-refractivity contribution in [3.05, 3.63) is 82.9 Å². The van der Waals surface area contributed by atoms with Crippen LogP contribution in [0.3, 0.4) is 0 Å². The molecule has 0 radical (unpaired) electrons. The number of ether oxygens (including phenoxy) is 2. The van der Waals surface area contributed by atoms with Crippen LogP contribution in [0.1, 0.15) is 15.9 Å². The highest BCUT2D eigenvalue weighted by Crippen LogP contribution is 2.35. The lowest BCUT2D eigenvalue weighted by Gasteiger charge is -2.10. The van der Waals surface area contributed by atoms with Gasteiger partial charge in [-0.3, -0.25) is 4.79 Å². The normalized spacial score (nSPS) is 12.7. The van der Waals surface area contributed by atoms with Gasteiger partial charge in [-0.15, -0.1) is 0 Å². The molecule has 5 rings (SSSR count). The van der Waals surface area contributed by atoms with Crippen molar-refractivity contribution in [2.45, 2.75) is 0 Å². The number of carbonyl (C=O) groups is 1. The largest absolute Gasteiger partial charge is 0.454 e. The van der Waals surface area contributed by atoms with Gasteiger partial charge < -0.3 is 9.47 Å². The number of nitrogens with one attached hydrogen (secondary N) is 1. The molecular formula is C23H15ClN2O3. The number of hydrogen-bond acceptors (Lipinski definition) is 4. The number of carbonyl (C=O) groups excluding carboxylic acids is 1. The van der Waals surface area contributed by atoms with Crippen LogP contribution in [0, 0.1) is 0 Å². The molecule has 0 aromatic heterocycles. The molecule has 1 aliphatic rings. The topological polar surface area (TPSA) is 59.9 Å². The van der Waals surface area contributed by atoms with Crippen LogP contribution in [0.25, 0.3) is 21.5 Å². The molecular weight excluding hydrogens is 388 g/mol. The summed E-state index contributed by atoms with van der Waals surface area (Å²) in [4.78, 5) is 12.5. The predicted octanol–water partition coefficient (Wildman–Crippen LogP) is 5.14. The molecule has 6 heteroatoms. The fraction of sp³-hybridized carbons (Fsp3) is 0.0435. The minimum absolute atomic E-state index is 0.162. The quantitative estimate of drug-likeness (QED) is 0.293. The Hall–Kier alpha value is -3.57. The van der Waals surface area contributed by atoms with E-state index in [-0.39, 0.29) is 12.7 Å². The van der Waals surface area contributed by atoms with E-state index in [0.29, 0.717) is 22.1 Å². The monoisotopic (exact) mass is 402 g/mol. The Morgan fingerprint density at radius 3 is 2.21 bits per heavy atom. The first kappa shape index (κ1) is 17.5. The Labute approximate surface area is 171 Å². The second-order valence-electron chi connectivity index (χ2n) is 6.59. The van der Waals surface area contributed by atoms with Crippen LogP contribution in [0.15, 0.2) is 71.8 Å². The first-order chi connectivity index (χ1) is 14.2. The van der Waals surface area contributed by atoms with E-state index in [1.54, 1.807) is 24.4 Å². The fourth-order valence-corrected chi connectivity index (χ4v) is 3.84. The fourth-order valence-electron chi connectivity index (χ4n) is 3.51. The molecule has 0 aliphatic carbocycles. The van der Waals surface area contributed by atoms with Crippen molar-refractivity contribution in [1.82, 2.24) is 5.43 Å². The van der Waals surface area contributed by atoms with Gasteiger partial charge >= 0.3 is 0 Å². The van der Waals surface area contributed by atoms with E-state index < -0.39 is 0 Å². The number of hydrazone groups is 1. The third-order valence-electron chi connectivity index (χ3n) is 4.90. The molecule has 0 fully saturated rings. The summed E-state index contributed by atoms with van der Waals surface area (Å²) in [6.07, 6.45) is 1.66. The summed E-state index contributed by atoms with van der Waals surface area (Å²) >= 11 is 6.62. The Balaban J connectivity index is 1.50. The molecule has 4 aromatic carbocycles. The summed E-state index contributed by atoms with van der Waals surface area (Å²) in [6, 6.07) is 20.8. The Bertz CT molecular complexity index is 1240. The minimum Gasteiger partial charge on any atom is -0.454 e. The molecule has 29 heavy (non-hydrogen) atoms. The zero-order chi connectivity index (χ0) is 19.8. The summed E-state index contributed by atoms with van der Waals surface area (Å²) in [5.74, 6) is 0.850. The van der Waals surface area contributed by atoms with Crippen molar-refractivity contribution >= 4 is 45.3 Å². The van der Waals surface area contributed by atoms with E-state index in [4.69, 9.17) is 21.1 Å². The number of hydrogen-bond donors (Lipinski definition) is 1. The van der Waals surface area contributed by atoms with Crippen LogP contribution < -0.4 is 14.9 Å². The maximum Gasteiger partial charge on any atom is 0.271 e. The number of benzene rings is 4. The second kappa shape index (κ2) is 7.11. The molecule has 0 atom stereocenters. The van der Waals surface area contributed by atoms with Crippen LogP contribution in [0.2, 0.25) is 5.02 Å². The Morgan fingerprint density at radius 1 is 0.897 bits per heavy atom. The van der Waals surface area contributed by atoms with Gasteiger partial charge in [-0.2, -0.15) is 5.10 Å². The van der Waals surface area contributed by atoms with E-state index >= 15 is 0 Å². The second-order valence-corrected chi connectivity index (χ2v) is 6.96. The molecule has 1 amide bonds. The summed E-state index contributed by atoms with van der Waals surface area (Å²) in [5, 5.41) is 8.73. The zero-order valence-electron chi connectivity index (χ0n) is 15.2. The molecule has 1 heterocycles. The number of rotatable bonds is 3. The van der Waals surface area contributed by atoms with E-state index in [1.807, 2.05) is 48.5 Å². The standard InChI is InChI=1S/C23H15ClN2O3/c24-22-17-7-3-1-5-15(17)19(16-6-2-4-8-18(16)22)12-25-26-23(27)14-9-10-20-21(11-14)29-13-28-20/h1-12H,13H2,(H,26,27)/b25-12-. The van der Waals surface area contributed by atoms with Crippen molar-refractivity contribution in [2.75, 3.05) is 6.79 Å². The summed E-state index contributed by atoms with van der Waals surface area (Å²) in [6.45, 7) is 0.162. The number of halogens is 1. The highest BCUT2D eigenvalue weighted by Gasteiger charge is 2.16. The van der Waals surface area contributed by atoms with Crippen molar-refractivity contribution < 1.29 is 14.3 Å². The van der Waals surface area contributed by atoms with Gasteiger partial charge in [-0.05, 0) is 29.0 Å². The van der Waals surface area contributed by atoms with Crippen LogP contribution in [-0.4, -0.2) is 18.9 Å². The first-order valence-electron chi connectivity index (χ1n) is 9.04. The smallest absolute Gasteiger partial charge is 0.271 e. The average Bonchev–Trinajstić information content (AvgIpc) is 3.24. The molecule has 4 aromatic rings. The Kier molecular flexibility index (Phi) is 4.30. The van der Waals surface area contributed by atoms with Gasteiger partial charge in [0.1, 0.15) is 0 Å². The number of amides is 1. The molecule has 0 unspecified atom stereocenters. The SMILES string of the molecule is O=C(N/N=C\c1c2ccccc2c(Cl)c2ccccc12)c1ccc2c(c1)OCO2. The van der Waals surface area contributed by atoms with Crippen LogP contribution >= 0.6 is 11.6 Å². The van der Waals surface area contributed by atoms with Gasteiger partial charge in [0.05, 0.1) is 11.2 Å². The van der Waals surface area contributed by atoms with Gasteiger partial charge in [0.15, 0.2) is 11.5 Å². The van der Waals surface area contributed by atoms with Crippen LogP contribution in [0.4, 0.5) is 0 Å². The van der Waals surface area contributed by atoms with E-state index in [2.05, 4.69) is 10.5 Å².